The zero-order valence-electron chi connectivity index (χ0n) is 12.7. The summed E-state index contributed by atoms with van der Waals surface area (Å²) in [5.74, 6) is 0.383. The Morgan fingerprint density at radius 1 is 1.00 bits per heavy atom. The van der Waals surface area contributed by atoms with E-state index in [1.165, 1.54) is 0 Å². The maximum absolute atomic E-state index is 10.1. The molecule has 3 heteroatoms. The van der Waals surface area contributed by atoms with Gasteiger partial charge in [0.25, 0.3) is 0 Å². The molecule has 0 saturated heterocycles. The van der Waals surface area contributed by atoms with Crippen LogP contribution >= 0.6 is 0 Å². The fourth-order valence-electron chi connectivity index (χ4n) is 2.22. The standard InChI is InChI=1S/C18H21NO2/c1-4-13-6-7-17(20)16(10-13)19-11-15-9-14(5-2)8-12(3)18(15)21/h6-11,20-21H,4-5H2,1-3H3. The lowest BCUT2D eigenvalue weighted by Crippen LogP contribution is -1.90. The van der Waals surface area contributed by atoms with Gasteiger partial charge in [0, 0.05) is 11.8 Å². The summed E-state index contributed by atoms with van der Waals surface area (Å²) in [5, 5.41) is 20.0. The second-order valence-electron chi connectivity index (χ2n) is 5.14. The van der Waals surface area contributed by atoms with Gasteiger partial charge in [-0.3, -0.25) is 4.99 Å². The van der Waals surface area contributed by atoms with Gasteiger partial charge in [0.2, 0.25) is 0 Å². The lowest BCUT2D eigenvalue weighted by molar-refractivity contribution is 0.470. The molecule has 0 saturated carbocycles. The summed E-state index contributed by atoms with van der Waals surface area (Å²) in [6.07, 6.45) is 3.40. The molecule has 110 valence electrons. The van der Waals surface area contributed by atoms with Crippen LogP contribution in [0.25, 0.3) is 0 Å². The average molecular weight is 283 g/mol. The van der Waals surface area contributed by atoms with Crippen LogP contribution in [-0.4, -0.2) is 16.4 Å². The van der Waals surface area contributed by atoms with Crippen LogP contribution in [0.3, 0.4) is 0 Å². The molecule has 0 spiro atoms. The van der Waals surface area contributed by atoms with Crippen molar-refractivity contribution in [3.05, 3.63) is 52.6 Å². The molecule has 0 atom stereocenters. The molecule has 2 rings (SSSR count). The van der Waals surface area contributed by atoms with Gasteiger partial charge in [-0.05, 0) is 54.7 Å². The van der Waals surface area contributed by atoms with Gasteiger partial charge in [0.05, 0.1) is 0 Å². The molecule has 0 amide bonds. The van der Waals surface area contributed by atoms with Crippen LogP contribution in [-0.2, 0) is 12.8 Å². The van der Waals surface area contributed by atoms with E-state index in [0.29, 0.717) is 11.3 Å². The molecule has 0 aliphatic carbocycles. The predicted molar refractivity (Wildman–Crippen MR) is 87.0 cm³/mol. The largest absolute Gasteiger partial charge is 0.507 e. The van der Waals surface area contributed by atoms with E-state index in [-0.39, 0.29) is 11.5 Å². The van der Waals surface area contributed by atoms with E-state index < -0.39 is 0 Å². The first kappa shape index (κ1) is 15.1. The molecule has 0 aliphatic heterocycles. The Morgan fingerprint density at radius 3 is 2.38 bits per heavy atom. The van der Waals surface area contributed by atoms with E-state index in [0.717, 1.165) is 29.5 Å². The number of aliphatic imine (C=N–C) groups is 1. The maximum Gasteiger partial charge on any atom is 0.141 e. The first-order valence-corrected chi connectivity index (χ1v) is 7.23. The molecule has 3 nitrogen and oxygen atoms in total. The summed E-state index contributed by atoms with van der Waals surface area (Å²) in [6, 6.07) is 9.29. The summed E-state index contributed by atoms with van der Waals surface area (Å²) in [7, 11) is 0. The molecule has 0 radical (unpaired) electrons. The summed E-state index contributed by atoms with van der Waals surface area (Å²) in [4.78, 5) is 4.33. The van der Waals surface area contributed by atoms with Gasteiger partial charge >= 0.3 is 0 Å². The lowest BCUT2D eigenvalue weighted by atomic mass is 10.0. The molecule has 0 bridgehead atoms. The molecular formula is C18H21NO2. The highest BCUT2D eigenvalue weighted by atomic mass is 16.3. The summed E-state index contributed by atoms with van der Waals surface area (Å²) in [6.45, 7) is 6.00. The van der Waals surface area contributed by atoms with Gasteiger partial charge in [-0.1, -0.05) is 26.0 Å². The average Bonchev–Trinajstić information content (AvgIpc) is 2.50. The molecule has 0 aromatic heterocycles. The second-order valence-corrected chi connectivity index (χ2v) is 5.14. The Labute approximate surface area is 125 Å². The molecule has 21 heavy (non-hydrogen) atoms. The molecule has 0 aliphatic rings. The second kappa shape index (κ2) is 6.44. The minimum atomic E-state index is 0.145. The number of nitrogens with zero attached hydrogens (tertiary/aromatic N) is 1. The number of benzene rings is 2. The van der Waals surface area contributed by atoms with Crippen molar-refractivity contribution in [2.75, 3.05) is 0 Å². The zero-order chi connectivity index (χ0) is 15.4. The highest BCUT2D eigenvalue weighted by molar-refractivity contribution is 5.87. The number of hydrogen-bond acceptors (Lipinski definition) is 3. The number of rotatable bonds is 4. The fourth-order valence-corrected chi connectivity index (χ4v) is 2.22. The number of phenols is 2. The quantitative estimate of drug-likeness (QED) is 0.823. The maximum atomic E-state index is 10.1. The van der Waals surface area contributed by atoms with Crippen LogP contribution in [0.1, 0.15) is 36.1 Å². The Kier molecular flexibility index (Phi) is 4.63. The van der Waals surface area contributed by atoms with Gasteiger partial charge in [-0.2, -0.15) is 0 Å². The summed E-state index contributed by atoms with van der Waals surface area (Å²) < 4.78 is 0. The van der Waals surface area contributed by atoms with Crippen LogP contribution in [0.15, 0.2) is 35.3 Å². The Hall–Kier alpha value is -2.29. The van der Waals surface area contributed by atoms with Crippen molar-refractivity contribution in [3.63, 3.8) is 0 Å². The molecule has 2 aromatic rings. The minimum absolute atomic E-state index is 0.145. The van der Waals surface area contributed by atoms with Crippen molar-refractivity contribution in [2.45, 2.75) is 33.6 Å². The zero-order valence-corrected chi connectivity index (χ0v) is 12.7. The topological polar surface area (TPSA) is 52.8 Å². The van der Waals surface area contributed by atoms with Gasteiger partial charge < -0.3 is 10.2 Å². The van der Waals surface area contributed by atoms with E-state index in [2.05, 4.69) is 18.8 Å². The van der Waals surface area contributed by atoms with Crippen LogP contribution in [0.2, 0.25) is 0 Å². The first-order chi connectivity index (χ1) is 10.0. The van der Waals surface area contributed by atoms with Crippen molar-refractivity contribution in [3.8, 4) is 11.5 Å². The van der Waals surface area contributed by atoms with E-state index in [9.17, 15) is 10.2 Å². The summed E-state index contributed by atoms with van der Waals surface area (Å²) in [5.41, 5.74) is 4.30. The lowest BCUT2D eigenvalue weighted by Gasteiger charge is -2.07. The van der Waals surface area contributed by atoms with E-state index in [4.69, 9.17) is 0 Å². The van der Waals surface area contributed by atoms with Crippen molar-refractivity contribution < 1.29 is 10.2 Å². The molecule has 0 heterocycles. The number of aromatic hydroxyl groups is 2. The first-order valence-electron chi connectivity index (χ1n) is 7.23. The highest BCUT2D eigenvalue weighted by Crippen LogP contribution is 2.29. The SMILES string of the molecule is CCc1cc(C)c(O)c(C=Nc2cc(CC)ccc2O)c1. The Bertz CT molecular complexity index is 675. The molecule has 0 unspecified atom stereocenters. The van der Waals surface area contributed by atoms with E-state index in [1.807, 2.05) is 31.2 Å². The Balaban J connectivity index is 2.39. The van der Waals surface area contributed by atoms with Crippen LogP contribution in [0.5, 0.6) is 11.5 Å². The van der Waals surface area contributed by atoms with Crippen LogP contribution in [0.4, 0.5) is 5.69 Å². The fraction of sp³-hybridized carbons (Fsp3) is 0.278. The minimum Gasteiger partial charge on any atom is -0.507 e. The van der Waals surface area contributed by atoms with E-state index >= 15 is 0 Å². The van der Waals surface area contributed by atoms with Crippen molar-refractivity contribution in [1.29, 1.82) is 0 Å². The third-order valence-electron chi connectivity index (χ3n) is 3.59. The van der Waals surface area contributed by atoms with Gasteiger partial charge in [0.1, 0.15) is 17.2 Å². The summed E-state index contributed by atoms with van der Waals surface area (Å²) >= 11 is 0. The monoisotopic (exact) mass is 283 g/mol. The van der Waals surface area contributed by atoms with Crippen molar-refractivity contribution in [2.24, 2.45) is 4.99 Å². The smallest absolute Gasteiger partial charge is 0.141 e. The van der Waals surface area contributed by atoms with Crippen LogP contribution in [0, 0.1) is 6.92 Å². The van der Waals surface area contributed by atoms with Crippen molar-refractivity contribution >= 4 is 11.9 Å². The number of phenolic OH excluding ortho intramolecular Hbond substituents is 2. The third kappa shape index (κ3) is 3.43. The highest BCUT2D eigenvalue weighted by Gasteiger charge is 2.05. The van der Waals surface area contributed by atoms with Gasteiger partial charge in [-0.25, -0.2) is 0 Å². The molecule has 2 aromatic carbocycles. The molecular weight excluding hydrogens is 262 g/mol. The normalized spacial score (nSPS) is 11.2. The molecule has 2 N–H and O–H groups in total. The number of hydrogen-bond donors (Lipinski definition) is 2. The Morgan fingerprint density at radius 2 is 1.71 bits per heavy atom. The molecule has 0 fully saturated rings. The third-order valence-corrected chi connectivity index (χ3v) is 3.59. The predicted octanol–water partition coefficient (Wildman–Crippen LogP) is 4.28. The van der Waals surface area contributed by atoms with Crippen LogP contribution < -0.4 is 0 Å². The van der Waals surface area contributed by atoms with E-state index in [1.54, 1.807) is 12.3 Å². The van der Waals surface area contributed by atoms with Gasteiger partial charge in [-0.15, -0.1) is 0 Å². The van der Waals surface area contributed by atoms with Gasteiger partial charge in [0.15, 0.2) is 0 Å². The van der Waals surface area contributed by atoms with Crippen molar-refractivity contribution in [1.82, 2.24) is 0 Å². The number of aryl methyl sites for hydroxylation is 3.